The number of benzene rings is 1. The van der Waals surface area contributed by atoms with E-state index in [1.807, 2.05) is 38.1 Å². The fraction of sp³-hybridized carbons (Fsp3) is 0.471. The van der Waals surface area contributed by atoms with Gasteiger partial charge in [0, 0.05) is 13.1 Å². The summed E-state index contributed by atoms with van der Waals surface area (Å²) in [7, 11) is 0. The molecule has 0 aliphatic carbocycles. The molecule has 1 aromatic heterocycles. The summed E-state index contributed by atoms with van der Waals surface area (Å²) in [4.78, 5) is 6.86. The molecule has 1 N–H and O–H groups in total. The van der Waals surface area contributed by atoms with Crippen LogP contribution in [0.5, 0.6) is 5.75 Å². The molecule has 1 saturated heterocycles. The number of para-hydroxylation sites is 2. The summed E-state index contributed by atoms with van der Waals surface area (Å²) in [6, 6.07) is 7.79. The van der Waals surface area contributed by atoms with Crippen LogP contribution in [0.25, 0.3) is 0 Å². The highest BCUT2D eigenvalue weighted by atomic mass is 16.5. The SMILES string of the molecule is CC(C)Oc1ccccc1Nc1nncc(N2CCCCC2)n1. The van der Waals surface area contributed by atoms with Gasteiger partial charge in [-0.3, -0.25) is 0 Å². The predicted molar refractivity (Wildman–Crippen MR) is 91.4 cm³/mol. The number of aromatic nitrogens is 3. The first kappa shape index (κ1) is 15.5. The van der Waals surface area contributed by atoms with Crippen LogP contribution in [0.1, 0.15) is 33.1 Å². The molecule has 1 aromatic carbocycles. The van der Waals surface area contributed by atoms with Gasteiger partial charge in [0.25, 0.3) is 0 Å². The normalized spacial score (nSPS) is 14.8. The smallest absolute Gasteiger partial charge is 0.249 e. The van der Waals surface area contributed by atoms with Crippen molar-refractivity contribution in [3.63, 3.8) is 0 Å². The van der Waals surface area contributed by atoms with Crippen molar-refractivity contribution in [2.75, 3.05) is 23.3 Å². The van der Waals surface area contributed by atoms with E-state index in [1.54, 1.807) is 6.20 Å². The van der Waals surface area contributed by atoms with Crippen LogP contribution < -0.4 is 15.0 Å². The lowest BCUT2D eigenvalue weighted by atomic mass is 10.1. The first-order valence-electron chi connectivity index (χ1n) is 8.20. The highest BCUT2D eigenvalue weighted by molar-refractivity contribution is 5.62. The van der Waals surface area contributed by atoms with Gasteiger partial charge < -0.3 is 15.0 Å². The fourth-order valence-corrected chi connectivity index (χ4v) is 2.67. The zero-order chi connectivity index (χ0) is 16.1. The number of rotatable bonds is 5. The van der Waals surface area contributed by atoms with Crippen LogP contribution in [0.2, 0.25) is 0 Å². The Morgan fingerprint density at radius 1 is 1.13 bits per heavy atom. The molecule has 2 heterocycles. The van der Waals surface area contributed by atoms with Crippen molar-refractivity contribution in [3.8, 4) is 5.75 Å². The van der Waals surface area contributed by atoms with Gasteiger partial charge in [0.15, 0.2) is 5.82 Å². The van der Waals surface area contributed by atoms with Crippen LogP contribution >= 0.6 is 0 Å². The number of anilines is 3. The largest absolute Gasteiger partial charge is 0.489 e. The van der Waals surface area contributed by atoms with Crippen LogP contribution in [-0.4, -0.2) is 34.4 Å². The van der Waals surface area contributed by atoms with Gasteiger partial charge in [-0.1, -0.05) is 12.1 Å². The maximum Gasteiger partial charge on any atom is 0.249 e. The maximum atomic E-state index is 5.82. The second-order valence-corrected chi connectivity index (χ2v) is 5.97. The Morgan fingerprint density at radius 2 is 1.91 bits per heavy atom. The first-order valence-corrected chi connectivity index (χ1v) is 8.20. The minimum absolute atomic E-state index is 0.108. The summed E-state index contributed by atoms with van der Waals surface area (Å²) >= 11 is 0. The van der Waals surface area contributed by atoms with Gasteiger partial charge in [0.2, 0.25) is 5.95 Å². The van der Waals surface area contributed by atoms with Crippen molar-refractivity contribution in [1.82, 2.24) is 15.2 Å². The number of nitrogens with one attached hydrogen (secondary N) is 1. The molecule has 0 saturated carbocycles. The maximum absolute atomic E-state index is 5.82. The Labute approximate surface area is 136 Å². The van der Waals surface area contributed by atoms with Crippen LogP contribution in [-0.2, 0) is 0 Å². The molecule has 122 valence electrons. The molecule has 0 bridgehead atoms. The number of hydrogen-bond acceptors (Lipinski definition) is 6. The Balaban J connectivity index is 1.78. The summed E-state index contributed by atoms with van der Waals surface area (Å²) in [5.74, 6) is 2.16. The van der Waals surface area contributed by atoms with E-state index in [0.29, 0.717) is 5.95 Å². The van der Waals surface area contributed by atoms with Gasteiger partial charge in [0.1, 0.15) is 5.75 Å². The molecule has 0 spiro atoms. The molecule has 0 amide bonds. The lowest BCUT2D eigenvalue weighted by Gasteiger charge is -2.27. The van der Waals surface area contributed by atoms with Gasteiger partial charge in [-0.2, -0.15) is 10.1 Å². The number of piperidine rings is 1. The van der Waals surface area contributed by atoms with E-state index in [1.165, 1.54) is 19.3 Å². The molecule has 1 fully saturated rings. The van der Waals surface area contributed by atoms with Crippen LogP contribution in [0, 0.1) is 0 Å². The van der Waals surface area contributed by atoms with E-state index in [9.17, 15) is 0 Å². The summed E-state index contributed by atoms with van der Waals surface area (Å²) in [6.45, 7) is 6.08. The van der Waals surface area contributed by atoms with Gasteiger partial charge in [-0.15, -0.1) is 5.10 Å². The molecule has 0 atom stereocenters. The third kappa shape index (κ3) is 4.09. The summed E-state index contributed by atoms with van der Waals surface area (Å²) < 4.78 is 5.82. The molecular weight excluding hydrogens is 290 g/mol. The zero-order valence-electron chi connectivity index (χ0n) is 13.7. The molecule has 6 nitrogen and oxygen atoms in total. The van der Waals surface area contributed by atoms with Crippen LogP contribution in [0.15, 0.2) is 30.5 Å². The average molecular weight is 313 g/mol. The first-order chi connectivity index (χ1) is 11.2. The van der Waals surface area contributed by atoms with E-state index in [-0.39, 0.29) is 6.10 Å². The number of hydrogen-bond donors (Lipinski definition) is 1. The standard InChI is InChI=1S/C17H23N5O/c1-13(2)23-15-9-5-4-8-14(15)19-17-20-16(12-18-21-17)22-10-6-3-7-11-22/h4-5,8-9,12-13H,3,6-7,10-11H2,1-2H3,(H,19,20,21). The minimum atomic E-state index is 0.108. The topological polar surface area (TPSA) is 63.2 Å². The minimum Gasteiger partial charge on any atom is -0.489 e. The fourth-order valence-electron chi connectivity index (χ4n) is 2.67. The quantitative estimate of drug-likeness (QED) is 0.913. The molecule has 0 unspecified atom stereocenters. The Hall–Kier alpha value is -2.37. The highest BCUT2D eigenvalue weighted by Crippen LogP contribution is 2.27. The molecule has 2 aromatic rings. The van der Waals surface area contributed by atoms with Crippen molar-refractivity contribution < 1.29 is 4.74 Å². The second-order valence-electron chi connectivity index (χ2n) is 5.97. The van der Waals surface area contributed by atoms with E-state index in [0.717, 1.165) is 30.3 Å². The van der Waals surface area contributed by atoms with E-state index in [4.69, 9.17) is 4.74 Å². The molecule has 3 rings (SSSR count). The van der Waals surface area contributed by atoms with Crippen molar-refractivity contribution in [1.29, 1.82) is 0 Å². The molecule has 23 heavy (non-hydrogen) atoms. The van der Waals surface area contributed by atoms with Crippen molar-refractivity contribution in [3.05, 3.63) is 30.5 Å². The van der Waals surface area contributed by atoms with E-state index in [2.05, 4.69) is 25.4 Å². The zero-order valence-corrected chi connectivity index (χ0v) is 13.7. The predicted octanol–water partition coefficient (Wildman–Crippen LogP) is 3.39. The van der Waals surface area contributed by atoms with Gasteiger partial charge in [-0.05, 0) is 45.2 Å². The van der Waals surface area contributed by atoms with Crippen molar-refractivity contribution in [2.24, 2.45) is 0 Å². The molecular formula is C17H23N5O. The van der Waals surface area contributed by atoms with Crippen molar-refractivity contribution >= 4 is 17.5 Å². The summed E-state index contributed by atoms with van der Waals surface area (Å²) in [6.07, 6.45) is 5.54. The number of ether oxygens (including phenoxy) is 1. The lowest BCUT2D eigenvalue weighted by molar-refractivity contribution is 0.244. The molecule has 6 heteroatoms. The third-order valence-corrected chi connectivity index (χ3v) is 3.72. The van der Waals surface area contributed by atoms with Crippen LogP contribution in [0.4, 0.5) is 17.5 Å². The van der Waals surface area contributed by atoms with E-state index >= 15 is 0 Å². The Bertz CT molecular complexity index is 640. The molecule has 1 aliphatic heterocycles. The van der Waals surface area contributed by atoms with E-state index < -0.39 is 0 Å². The van der Waals surface area contributed by atoms with Gasteiger partial charge in [-0.25, -0.2) is 0 Å². The Kier molecular flexibility index (Phi) is 4.90. The number of nitrogens with zero attached hydrogens (tertiary/aromatic N) is 4. The summed E-state index contributed by atoms with van der Waals surface area (Å²) in [5, 5.41) is 11.4. The van der Waals surface area contributed by atoms with Crippen LogP contribution in [0.3, 0.4) is 0 Å². The second kappa shape index (κ2) is 7.26. The lowest BCUT2D eigenvalue weighted by Crippen LogP contribution is -2.30. The molecule has 1 aliphatic rings. The van der Waals surface area contributed by atoms with Crippen molar-refractivity contribution in [2.45, 2.75) is 39.2 Å². The molecule has 0 radical (unpaired) electrons. The third-order valence-electron chi connectivity index (χ3n) is 3.72. The average Bonchev–Trinajstić information content (AvgIpc) is 2.57. The highest BCUT2D eigenvalue weighted by Gasteiger charge is 2.14. The summed E-state index contributed by atoms with van der Waals surface area (Å²) in [5.41, 5.74) is 0.846. The van der Waals surface area contributed by atoms with Gasteiger partial charge in [0.05, 0.1) is 18.0 Å². The Morgan fingerprint density at radius 3 is 2.70 bits per heavy atom. The van der Waals surface area contributed by atoms with Gasteiger partial charge >= 0.3 is 0 Å². The monoisotopic (exact) mass is 313 g/mol.